The second-order valence-corrected chi connectivity index (χ2v) is 6.55. The Bertz CT molecular complexity index is 450. The van der Waals surface area contributed by atoms with Crippen LogP contribution in [0.4, 0.5) is 0 Å². The molecule has 2 aliphatic rings. The normalized spacial score (nSPS) is 36.7. The number of rotatable bonds is 4. The summed E-state index contributed by atoms with van der Waals surface area (Å²) in [6, 6.07) is 11.1. The molecule has 1 nitrogen and oxygen atoms in total. The van der Waals surface area contributed by atoms with Crippen molar-refractivity contribution in [1.82, 2.24) is 0 Å². The van der Waals surface area contributed by atoms with E-state index in [9.17, 15) is 0 Å². The molecule has 1 heteroatoms. The first-order valence-corrected chi connectivity index (χ1v) is 7.50. The Kier molecular flexibility index (Phi) is 3.16. The largest absolute Gasteiger partial charge is 0.498 e. The van der Waals surface area contributed by atoms with E-state index in [1.165, 1.54) is 24.8 Å². The Morgan fingerprint density at radius 2 is 2.00 bits per heavy atom. The molecule has 0 aliphatic heterocycles. The van der Waals surface area contributed by atoms with Gasteiger partial charge in [-0.1, -0.05) is 50.8 Å². The summed E-state index contributed by atoms with van der Waals surface area (Å²) >= 11 is 0. The van der Waals surface area contributed by atoms with E-state index in [2.05, 4.69) is 50.8 Å². The van der Waals surface area contributed by atoms with Gasteiger partial charge in [-0.2, -0.15) is 0 Å². The Hall–Kier alpha value is -1.24. The van der Waals surface area contributed by atoms with Gasteiger partial charge in [0.1, 0.15) is 6.10 Å². The van der Waals surface area contributed by atoms with Gasteiger partial charge in [-0.25, -0.2) is 0 Å². The van der Waals surface area contributed by atoms with Gasteiger partial charge in [0.25, 0.3) is 0 Å². The van der Waals surface area contributed by atoms with E-state index in [4.69, 9.17) is 4.74 Å². The molecule has 0 amide bonds. The molecule has 3 rings (SSSR count). The van der Waals surface area contributed by atoms with Crippen molar-refractivity contribution in [2.75, 3.05) is 0 Å². The van der Waals surface area contributed by atoms with Crippen LogP contribution in [0.1, 0.15) is 38.7 Å². The summed E-state index contributed by atoms with van der Waals surface area (Å²) in [5.74, 6) is 2.14. The fraction of sp³-hybridized carbons (Fsp3) is 0.556. The highest BCUT2D eigenvalue weighted by atomic mass is 16.5. The van der Waals surface area contributed by atoms with Crippen LogP contribution in [0.25, 0.3) is 0 Å². The molecule has 0 saturated heterocycles. The van der Waals surface area contributed by atoms with Gasteiger partial charge in [0.05, 0.1) is 6.26 Å². The van der Waals surface area contributed by atoms with Crippen molar-refractivity contribution in [2.24, 2.45) is 17.8 Å². The minimum Gasteiger partial charge on any atom is -0.498 e. The van der Waals surface area contributed by atoms with Gasteiger partial charge >= 0.3 is 0 Å². The Balaban J connectivity index is 2.01. The molecule has 4 unspecified atom stereocenters. The lowest BCUT2D eigenvalue weighted by molar-refractivity contribution is 0.0296. The third kappa shape index (κ3) is 1.82. The van der Waals surface area contributed by atoms with E-state index >= 15 is 0 Å². The zero-order valence-electron chi connectivity index (χ0n) is 12.0. The van der Waals surface area contributed by atoms with Crippen molar-refractivity contribution >= 4 is 0 Å². The van der Waals surface area contributed by atoms with E-state index in [0.717, 1.165) is 5.92 Å². The van der Waals surface area contributed by atoms with Gasteiger partial charge in [0.2, 0.25) is 0 Å². The smallest absolute Gasteiger partial charge is 0.102 e. The van der Waals surface area contributed by atoms with Gasteiger partial charge in [-0.3, -0.25) is 0 Å². The van der Waals surface area contributed by atoms with Crippen molar-refractivity contribution in [2.45, 2.75) is 44.6 Å². The highest BCUT2D eigenvalue weighted by Crippen LogP contribution is 2.60. The molecule has 0 aromatic heterocycles. The Morgan fingerprint density at radius 1 is 1.26 bits per heavy atom. The fourth-order valence-electron chi connectivity index (χ4n) is 4.79. The van der Waals surface area contributed by atoms with Gasteiger partial charge in [-0.15, -0.1) is 0 Å². The summed E-state index contributed by atoms with van der Waals surface area (Å²) in [4.78, 5) is 0. The summed E-state index contributed by atoms with van der Waals surface area (Å²) in [6.07, 6.45) is 5.89. The van der Waals surface area contributed by atoms with Crippen LogP contribution < -0.4 is 0 Å². The zero-order chi connectivity index (χ0) is 13.5. The number of fused-ring (bicyclic) bond motifs is 2. The number of hydrogen-bond acceptors (Lipinski definition) is 1. The van der Waals surface area contributed by atoms with E-state index in [1.54, 1.807) is 6.26 Å². The predicted molar refractivity (Wildman–Crippen MR) is 78.9 cm³/mol. The Morgan fingerprint density at radius 3 is 2.58 bits per heavy atom. The van der Waals surface area contributed by atoms with Crippen LogP contribution in [0.2, 0.25) is 0 Å². The second-order valence-electron chi connectivity index (χ2n) is 6.55. The van der Waals surface area contributed by atoms with Crippen LogP contribution in [-0.2, 0) is 10.2 Å². The molecule has 102 valence electrons. The summed E-state index contributed by atoms with van der Waals surface area (Å²) in [7, 11) is 0. The molecular formula is C18H24O. The number of hydrogen-bond donors (Lipinski definition) is 0. The quantitative estimate of drug-likeness (QED) is 0.719. The minimum absolute atomic E-state index is 0.303. The van der Waals surface area contributed by atoms with Crippen molar-refractivity contribution < 1.29 is 4.74 Å². The van der Waals surface area contributed by atoms with Crippen molar-refractivity contribution in [1.29, 1.82) is 0 Å². The van der Waals surface area contributed by atoms with Crippen LogP contribution in [-0.4, -0.2) is 6.10 Å². The first-order chi connectivity index (χ1) is 9.18. The summed E-state index contributed by atoms with van der Waals surface area (Å²) in [5, 5.41) is 0. The lowest BCUT2D eigenvalue weighted by Crippen LogP contribution is -2.44. The molecule has 0 N–H and O–H groups in total. The first-order valence-electron chi connectivity index (χ1n) is 7.50. The fourth-order valence-corrected chi connectivity index (χ4v) is 4.79. The molecule has 2 aliphatic carbocycles. The number of ether oxygens (including phenoxy) is 1. The summed E-state index contributed by atoms with van der Waals surface area (Å²) in [5.41, 5.74) is 1.81. The summed E-state index contributed by atoms with van der Waals surface area (Å²) < 4.78 is 5.83. The molecule has 19 heavy (non-hydrogen) atoms. The number of benzene rings is 1. The lowest BCUT2D eigenvalue weighted by Gasteiger charge is -2.45. The van der Waals surface area contributed by atoms with E-state index in [-0.39, 0.29) is 0 Å². The monoisotopic (exact) mass is 256 g/mol. The molecule has 1 aromatic carbocycles. The van der Waals surface area contributed by atoms with Crippen LogP contribution in [0, 0.1) is 17.8 Å². The van der Waals surface area contributed by atoms with Gasteiger partial charge < -0.3 is 4.74 Å². The highest BCUT2D eigenvalue weighted by molar-refractivity contribution is 5.31. The predicted octanol–water partition coefficient (Wildman–Crippen LogP) is 4.54. The van der Waals surface area contributed by atoms with Gasteiger partial charge in [0, 0.05) is 11.3 Å². The van der Waals surface area contributed by atoms with Crippen LogP contribution >= 0.6 is 0 Å². The van der Waals surface area contributed by atoms with Crippen LogP contribution in [0.15, 0.2) is 43.2 Å². The van der Waals surface area contributed by atoms with Gasteiger partial charge in [0.15, 0.2) is 0 Å². The molecule has 2 saturated carbocycles. The standard InChI is InChI=1S/C18H24O/c1-4-19-17-11-14-10-16(17)18(12-14,13(2)3)15-8-6-5-7-9-15/h4-9,13-14,16-17H,1,10-12H2,2-3H3. The third-order valence-corrected chi connectivity index (χ3v) is 5.50. The van der Waals surface area contributed by atoms with Crippen LogP contribution in [0.3, 0.4) is 0 Å². The van der Waals surface area contributed by atoms with Crippen LogP contribution in [0.5, 0.6) is 0 Å². The Labute approximate surface area is 116 Å². The maximum Gasteiger partial charge on any atom is 0.102 e. The van der Waals surface area contributed by atoms with Crippen molar-refractivity contribution in [3.8, 4) is 0 Å². The van der Waals surface area contributed by atoms with Crippen molar-refractivity contribution in [3.63, 3.8) is 0 Å². The molecule has 0 heterocycles. The zero-order valence-corrected chi connectivity index (χ0v) is 12.0. The molecule has 1 aromatic rings. The van der Waals surface area contributed by atoms with E-state index < -0.39 is 0 Å². The topological polar surface area (TPSA) is 9.23 Å². The molecular weight excluding hydrogens is 232 g/mol. The molecule has 2 fully saturated rings. The average Bonchev–Trinajstić information content (AvgIpc) is 2.98. The summed E-state index contributed by atoms with van der Waals surface area (Å²) in [6.45, 7) is 8.50. The van der Waals surface area contributed by atoms with Gasteiger partial charge in [-0.05, 0) is 36.7 Å². The van der Waals surface area contributed by atoms with E-state index in [0.29, 0.717) is 23.4 Å². The maximum absolute atomic E-state index is 5.83. The average molecular weight is 256 g/mol. The maximum atomic E-state index is 5.83. The first kappa shape index (κ1) is 12.8. The highest BCUT2D eigenvalue weighted by Gasteiger charge is 2.58. The minimum atomic E-state index is 0.303. The third-order valence-electron chi connectivity index (χ3n) is 5.50. The van der Waals surface area contributed by atoms with Crippen molar-refractivity contribution in [3.05, 3.63) is 48.7 Å². The lowest BCUT2D eigenvalue weighted by atomic mass is 9.61. The molecule has 0 radical (unpaired) electrons. The molecule has 4 atom stereocenters. The van der Waals surface area contributed by atoms with E-state index in [1.807, 2.05) is 0 Å². The SMILES string of the molecule is C=COC1CC2CC1C(c1ccccc1)(C(C)C)C2. The molecule has 0 spiro atoms. The molecule has 2 bridgehead atoms. The second kappa shape index (κ2) is 4.70.